The second-order valence-electron chi connectivity index (χ2n) is 7.49. The fraction of sp³-hybridized carbons (Fsp3) is 1.00. The molecule has 0 aliphatic carbocycles. The Bertz CT molecular complexity index is 248. The molecular formula is C17H41AsNO2+. The summed E-state index contributed by atoms with van der Waals surface area (Å²) in [6.07, 6.45) is 14.4. The second kappa shape index (κ2) is 13.9. The van der Waals surface area contributed by atoms with E-state index >= 15 is 0 Å². The molecule has 0 bridgehead atoms. The van der Waals surface area contributed by atoms with Crippen molar-refractivity contribution in [2.45, 2.75) is 82.6 Å². The normalized spacial score (nSPS) is 12.0. The van der Waals surface area contributed by atoms with Crippen LogP contribution in [-0.2, 0) is 3.74 Å². The van der Waals surface area contributed by atoms with Gasteiger partial charge in [-0.25, -0.2) is 0 Å². The molecule has 0 fully saturated rings. The topological polar surface area (TPSA) is 37.3 Å². The van der Waals surface area contributed by atoms with Gasteiger partial charge in [0.25, 0.3) is 0 Å². The predicted octanol–water partition coefficient (Wildman–Crippen LogP) is 4.72. The van der Waals surface area contributed by atoms with E-state index in [9.17, 15) is 3.74 Å². The summed E-state index contributed by atoms with van der Waals surface area (Å²) in [7, 11) is 6.86. The van der Waals surface area contributed by atoms with E-state index in [1.165, 1.54) is 82.2 Å². The van der Waals surface area contributed by atoms with Crippen molar-refractivity contribution in [3.05, 3.63) is 0 Å². The average molecular weight is 366 g/mol. The first kappa shape index (κ1) is 23.5. The van der Waals surface area contributed by atoms with Crippen LogP contribution in [0.5, 0.6) is 0 Å². The Morgan fingerprint density at radius 3 is 1.33 bits per heavy atom. The van der Waals surface area contributed by atoms with Crippen LogP contribution in [-0.4, -0.2) is 50.1 Å². The third-order valence-corrected chi connectivity index (χ3v) is 3.18. The fourth-order valence-electron chi connectivity index (χ4n) is 2.07. The van der Waals surface area contributed by atoms with Crippen molar-refractivity contribution in [1.29, 1.82) is 0 Å². The van der Waals surface area contributed by atoms with Crippen LogP contribution in [0.3, 0.4) is 0 Å². The SMILES string of the molecule is CCCCCCCCCCCC[N+](C)(C)C.C[As](C)(=O)O. The van der Waals surface area contributed by atoms with Crippen molar-refractivity contribution in [2.24, 2.45) is 0 Å². The number of hydrogen-bond donors (Lipinski definition) is 1. The summed E-state index contributed by atoms with van der Waals surface area (Å²) >= 11 is -3.12. The number of quaternary nitrogens is 1. The van der Waals surface area contributed by atoms with E-state index in [4.69, 9.17) is 4.10 Å². The molecule has 0 spiro atoms. The third-order valence-electron chi connectivity index (χ3n) is 3.18. The Labute approximate surface area is 136 Å². The molecule has 130 valence electrons. The van der Waals surface area contributed by atoms with E-state index in [0.717, 1.165) is 4.48 Å². The molecule has 1 N–H and O–H groups in total. The Balaban J connectivity index is 0. The van der Waals surface area contributed by atoms with Gasteiger partial charge in [-0.05, 0) is 12.8 Å². The summed E-state index contributed by atoms with van der Waals surface area (Å²) in [6.45, 7) is 3.62. The molecule has 0 aromatic rings. The standard InChI is InChI=1S/C15H34N.C2H7AsO2/c1-5-6-7-8-9-10-11-12-13-14-15-16(2,3)4;1-3(2,4)5/h5-15H2,1-4H3;1-2H3,(H,4,5)/q+1;. The summed E-state index contributed by atoms with van der Waals surface area (Å²) in [5, 5.41) is 0. The first-order valence-corrected chi connectivity index (χ1v) is 14.0. The van der Waals surface area contributed by atoms with Crippen LogP contribution >= 0.6 is 0 Å². The molecule has 3 nitrogen and oxygen atoms in total. The summed E-state index contributed by atoms with van der Waals surface area (Å²) in [5.74, 6) is 0. The Morgan fingerprint density at radius 2 is 1.05 bits per heavy atom. The van der Waals surface area contributed by atoms with Crippen molar-refractivity contribution in [2.75, 3.05) is 27.7 Å². The van der Waals surface area contributed by atoms with E-state index < -0.39 is 13.8 Å². The Morgan fingerprint density at radius 1 is 0.762 bits per heavy atom. The first-order chi connectivity index (χ1) is 9.56. The van der Waals surface area contributed by atoms with E-state index in [1.807, 2.05) is 0 Å². The van der Waals surface area contributed by atoms with E-state index in [2.05, 4.69) is 28.1 Å². The van der Waals surface area contributed by atoms with Crippen LogP contribution in [0.1, 0.15) is 71.1 Å². The van der Waals surface area contributed by atoms with Gasteiger partial charge in [-0.2, -0.15) is 0 Å². The zero-order chi connectivity index (χ0) is 16.8. The van der Waals surface area contributed by atoms with Crippen LogP contribution < -0.4 is 0 Å². The van der Waals surface area contributed by atoms with Gasteiger partial charge in [0, 0.05) is 0 Å². The van der Waals surface area contributed by atoms with Gasteiger partial charge >= 0.3 is 33.1 Å². The zero-order valence-electron chi connectivity index (χ0n) is 15.5. The maximum atomic E-state index is 9.83. The maximum absolute atomic E-state index is 9.83. The number of unbranched alkanes of at least 4 members (excludes halogenated alkanes) is 9. The molecular weight excluding hydrogens is 325 g/mol. The number of rotatable bonds is 11. The summed E-state index contributed by atoms with van der Waals surface area (Å²) < 4.78 is 19.1. The second-order valence-corrected chi connectivity index (χ2v) is 12.9. The summed E-state index contributed by atoms with van der Waals surface area (Å²) in [6, 6.07) is 0. The average Bonchev–Trinajstić information content (AvgIpc) is 2.28. The first-order valence-electron chi connectivity index (χ1n) is 8.64. The summed E-state index contributed by atoms with van der Waals surface area (Å²) in [4.78, 5) is 0. The van der Waals surface area contributed by atoms with Crippen molar-refractivity contribution >= 4 is 13.8 Å². The van der Waals surface area contributed by atoms with Gasteiger partial charge in [-0.1, -0.05) is 58.3 Å². The van der Waals surface area contributed by atoms with Crippen LogP contribution in [0.4, 0.5) is 0 Å². The monoisotopic (exact) mass is 366 g/mol. The minimum absolute atomic E-state index is 1.12. The van der Waals surface area contributed by atoms with E-state index in [1.54, 1.807) is 0 Å². The molecule has 0 aliphatic rings. The van der Waals surface area contributed by atoms with Gasteiger partial charge in [-0.15, -0.1) is 0 Å². The minimum atomic E-state index is -3.12. The summed E-state index contributed by atoms with van der Waals surface area (Å²) in [5.41, 5.74) is 2.72. The van der Waals surface area contributed by atoms with Crippen LogP contribution in [0.25, 0.3) is 0 Å². The van der Waals surface area contributed by atoms with Crippen molar-refractivity contribution in [1.82, 2.24) is 0 Å². The molecule has 0 heterocycles. The van der Waals surface area contributed by atoms with Gasteiger partial charge in [0.1, 0.15) is 0 Å². The van der Waals surface area contributed by atoms with Crippen molar-refractivity contribution in [3.63, 3.8) is 0 Å². The molecule has 0 saturated heterocycles. The van der Waals surface area contributed by atoms with Gasteiger partial charge < -0.3 is 4.48 Å². The Kier molecular flexibility index (Phi) is 15.6. The predicted molar refractivity (Wildman–Crippen MR) is 95.1 cm³/mol. The quantitative estimate of drug-likeness (QED) is 0.326. The number of nitrogens with zero attached hydrogens (tertiary/aromatic N) is 1. The van der Waals surface area contributed by atoms with Gasteiger partial charge in [0.15, 0.2) is 0 Å². The van der Waals surface area contributed by atoms with E-state index in [-0.39, 0.29) is 0 Å². The van der Waals surface area contributed by atoms with Crippen molar-refractivity contribution < 1.29 is 12.3 Å². The molecule has 21 heavy (non-hydrogen) atoms. The molecule has 0 atom stereocenters. The molecule has 0 amide bonds. The van der Waals surface area contributed by atoms with Crippen LogP contribution in [0.15, 0.2) is 0 Å². The Hall–Kier alpha value is 0.278. The third kappa shape index (κ3) is 38.4. The van der Waals surface area contributed by atoms with Crippen LogP contribution in [0.2, 0.25) is 11.4 Å². The number of hydrogen-bond acceptors (Lipinski definition) is 1. The molecule has 0 unspecified atom stereocenters. The molecule has 0 aliphatic heterocycles. The van der Waals surface area contributed by atoms with Crippen LogP contribution in [0, 0.1) is 0 Å². The molecule has 0 aromatic heterocycles. The molecule has 0 rings (SSSR count). The van der Waals surface area contributed by atoms with E-state index in [0.29, 0.717) is 0 Å². The molecule has 0 radical (unpaired) electrons. The molecule has 0 aromatic carbocycles. The molecule has 0 saturated carbocycles. The van der Waals surface area contributed by atoms with Gasteiger partial charge in [0.05, 0.1) is 27.7 Å². The van der Waals surface area contributed by atoms with Gasteiger partial charge in [-0.3, -0.25) is 0 Å². The zero-order valence-corrected chi connectivity index (χ0v) is 17.4. The van der Waals surface area contributed by atoms with Gasteiger partial charge in [0.2, 0.25) is 0 Å². The fourth-order valence-corrected chi connectivity index (χ4v) is 2.07. The van der Waals surface area contributed by atoms with Crippen molar-refractivity contribution in [3.8, 4) is 0 Å². The molecule has 4 heteroatoms.